The highest BCUT2D eigenvalue weighted by atomic mass is 16.8. The van der Waals surface area contributed by atoms with Gasteiger partial charge in [-0.15, -0.1) is 0 Å². The molecule has 0 saturated heterocycles. The number of fused-ring (bicyclic) bond motifs is 1. The van der Waals surface area contributed by atoms with Crippen LogP contribution in [0.1, 0.15) is 29.9 Å². The van der Waals surface area contributed by atoms with Crippen molar-refractivity contribution in [3.8, 4) is 23.3 Å². The Balaban J connectivity index is 2.63. The first-order valence-corrected chi connectivity index (χ1v) is 6.24. The average Bonchev–Trinajstić information content (AvgIpc) is 2.44. The van der Waals surface area contributed by atoms with Crippen molar-refractivity contribution in [3.63, 3.8) is 0 Å². The third kappa shape index (κ3) is 2.64. The number of ether oxygens (including phenoxy) is 4. The molecule has 20 heavy (non-hydrogen) atoms. The minimum atomic E-state index is -0.449. The van der Waals surface area contributed by atoms with Crippen LogP contribution in [-0.2, 0) is 9.47 Å². The minimum Gasteiger partial charge on any atom is -0.495 e. The molecular weight excluding hydrogens is 256 g/mol. The van der Waals surface area contributed by atoms with Gasteiger partial charge in [-0.1, -0.05) is 18.4 Å². The van der Waals surface area contributed by atoms with E-state index in [1.165, 1.54) is 0 Å². The van der Waals surface area contributed by atoms with E-state index in [0.717, 1.165) is 22.3 Å². The minimum absolute atomic E-state index is 0.158. The zero-order valence-corrected chi connectivity index (χ0v) is 12.2. The van der Waals surface area contributed by atoms with E-state index in [1.54, 1.807) is 14.2 Å². The van der Waals surface area contributed by atoms with Gasteiger partial charge in [-0.05, 0) is 25.0 Å². The molecule has 0 aromatic heterocycles. The van der Waals surface area contributed by atoms with E-state index >= 15 is 0 Å². The van der Waals surface area contributed by atoms with Gasteiger partial charge in [0.15, 0.2) is 13.1 Å². The van der Waals surface area contributed by atoms with Gasteiger partial charge in [-0.25, -0.2) is 0 Å². The monoisotopic (exact) mass is 274 g/mol. The maximum atomic E-state index is 5.51. The maximum Gasteiger partial charge on any atom is 0.192 e. The molecule has 4 nitrogen and oxygen atoms in total. The number of methoxy groups -OCH3 is 2. The fraction of sp³-hybridized carbons (Fsp3) is 0.375. The van der Waals surface area contributed by atoms with Crippen LogP contribution in [0.15, 0.2) is 18.2 Å². The summed E-state index contributed by atoms with van der Waals surface area (Å²) in [7, 11) is 3.21. The van der Waals surface area contributed by atoms with Crippen LogP contribution < -0.4 is 9.47 Å². The molecule has 106 valence electrons. The molecule has 0 spiro atoms. The normalized spacial score (nSPS) is 16.5. The lowest BCUT2D eigenvalue weighted by Gasteiger charge is -2.27. The van der Waals surface area contributed by atoms with Crippen LogP contribution in [0, 0.1) is 18.8 Å². The maximum absolute atomic E-state index is 5.51. The van der Waals surface area contributed by atoms with Crippen molar-refractivity contribution in [1.82, 2.24) is 0 Å². The zero-order valence-electron chi connectivity index (χ0n) is 12.2. The Kier molecular flexibility index (Phi) is 4.33. The summed E-state index contributed by atoms with van der Waals surface area (Å²) in [6.07, 6.45) is -0.449. The van der Waals surface area contributed by atoms with Crippen LogP contribution in [0.2, 0.25) is 0 Å². The van der Waals surface area contributed by atoms with Gasteiger partial charge in [0.1, 0.15) is 11.5 Å². The van der Waals surface area contributed by atoms with E-state index in [1.807, 2.05) is 19.9 Å². The molecule has 1 atom stereocenters. The summed E-state index contributed by atoms with van der Waals surface area (Å²) in [6.45, 7) is 7.75. The van der Waals surface area contributed by atoms with E-state index in [4.69, 9.17) is 18.9 Å². The smallest absolute Gasteiger partial charge is 0.192 e. The van der Waals surface area contributed by atoms with Crippen LogP contribution in [0.4, 0.5) is 0 Å². The van der Waals surface area contributed by atoms with Gasteiger partial charge in [0.25, 0.3) is 0 Å². The quantitative estimate of drug-likeness (QED) is 0.777. The summed E-state index contributed by atoms with van der Waals surface area (Å²) >= 11 is 0. The van der Waals surface area contributed by atoms with Crippen molar-refractivity contribution in [1.29, 1.82) is 0 Å². The lowest BCUT2D eigenvalue weighted by atomic mass is 9.99. The number of hydrogen-bond acceptors (Lipinski definition) is 4. The Hall–Kier alpha value is -1.96. The van der Waals surface area contributed by atoms with Crippen LogP contribution in [-0.4, -0.2) is 21.0 Å². The molecule has 0 amide bonds. The first-order valence-electron chi connectivity index (χ1n) is 6.24. The van der Waals surface area contributed by atoms with E-state index in [2.05, 4.69) is 18.4 Å². The SMILES string of the molecule is C=C(C)C#Cc1c(OC)cc2c(c1C)C(OC)OCO2. The van der Waals surface area contributed by atoms with Crippen molar-refractivity contribution in [2.45, 2.75) is 20.1 Å². The van der Waals surface area contributed by atoms with Crippen LogP contribution in [0.25, 0.3) is 0 Å². The molecule has 1 aromatic rings. The Morgan fingerprint density at radius 3 is 2.80 bits per heavy atom. The number of rotatable bonds is 2. The molecule has 1 unspecified atom stereocenters. The van der Waals surface area contributed by atoms with Gasteiger partial charge in [0.2, 0.25) is 0 Å². The Bertz CT molecular complexity index is 593. The van der Waals surface area contributed by atoms with E-state index < -0.39 is 6.29 Å². The van der Waals surface area contributed by atoms with E-state index in [0.29, 0.717) is 11.5 Å². The van der Waals surface area contributed by atoms with Crippen molar-refractivity contribution in [3.05, 3.63) is 34.9 Å². The highest BCUT2D eigenvalue weighted by molar-refractivity contribution is 5.60. The molecule has 1 aromatic carbocycles. The molecular formula is C16H18O4. The molecule has 0 aliphatic carbocycles. The molecule has 1 heterocycles. The van der Waals surface area contributed by atoms with Gasteiger partial charge in [-0.3, -0.25) is 0 Å². The van der Waals surface area contributed by atoms with Crippen molar-refractivity contribution in [2.75, 3.05) is 21.0 Å². The second-order valence-electron chi connectivity index (χ2n) is 4.52. The van der Waals surface area contributed by atoms with Gasteiger partial charge in [0, 0.05) is 13.2 Å². The lowest BCUT2D eigenvalue weighted by molar-refractivity contribution is -0.181. The zero-order chi connectivity index (χ0) is 14.7. The van der Waals surface area contributed by atoms with E-state index in [9.17, 15) is 0 Å². The van der Waals surface area contributed by atoms with Crippen molar-refractivity contribution in [2.24, 2.45) is 0 Å². The summed E-state index contributed by atoms with van der Waals surface area (Å²) in [6, 6.07) is 1.82. The molecule has 0 saturated carbocycles. The van der Waals surface area contributed by atoms with Crippen LogP contribution in [0.3, 0.4) is 0 Å². The average molecular weight is 274 g/mol. The number of benzene rings is 1. The van der Waals surface area contributed by atoms with Crippen LogP contribution >= 0.6 is 0 Å². The van der Waals surface area contributed by atoms with E-state index in [-0.39, 0.29) is 6.79 Å². The summed E-state index contributed by atoms with van der Waals surface area (Å²) in [5.41, 5.74) is 3.37. The number of allylic oxidation sites excluding steroid dienone is 1. The standard InChI is InChI=1S/C16H18O4/c1-10(2)6-7-12-11(3)15-14(8-13(12)17-4)19-9-20-16(15)18-5/h8,16H,1,9H2,2-5H3. The molecule has 0 bridgehead atoms. The molecule has 1 aliphatic rings. The first-order chi connectivity index (χ1) is 9.58. The Morgan fingerprint density at radius 2 is 2.20 bits per heavy atom. The van der Waals surface area contributed by atoms with Gasteiger partial charge in [0.05, 0.1) is 18.2 Å². The van der Waals surface area contributed by atoms with Gasteiger partial charge < -0.3 is 18.9 Å². The molecule has 2 rings (SSSR count). The summed E-state index contributed by atoms with van der Waals surface area (Å²) in [5.74, 6) is 7.44. The molecule has 4 heteroatoms. The summed E-state index contributed by atoms with van der Waals surface area (Å²) in [5, 5.41) is 0. The lowest BCUT2D eigenvalue weighted by Crippen LogP contribution is -2.20. The van der Waals surface area contributed by atoms with Gasteiger partial charge in [-0.2, -0.15) is 0 Å². The molecule has 0 N–H and O–H groups in total. The third-order valence-electron chi connectivity index (χ3n) is 3.06. The predicted molar refractivity (Wildman–Crippen MR) is 75.8 cm³/mol. The fourth-order valence-electron chi connectivity index (χ4n) is 2.10. The van der Waals surface area contributed by atoms with Gasteiger partial charge >= 0.3 is 0 Å². The Morgan fingerprint density at radius 1 is 1.45 bits per heavy atom. The Labute approximate surface area is 119 Å². The molecule has 0 fully saturated rings. The highest BCUT2D eigenvalue weighted by Crippen LogP contribution is 2.40. The predicted octanol–water partition coefficient (Wildman–Crippen LogP) is 2.94. The molecule has 0 radical (unpaired) electrons. The second-order valence-corrected chi connectivity index (χ2v) is 4.52. The topological polar surface area (TPSA) is 36.9 Å². The van der Waals surface area contributed by atoms with Crippen molar-refractivity contribution >= 4 is 0 Å². The summed E-state index contributed by atoms with van der Waals surface area (Å²) < 4.78 is 21.7. The van der Waals surface area contributed by atoms with Crippen LogP contribution in [0.5, 0.6) is 11.5 Å². The van der Waals surface area contributed by atoms with Crippen molar-refractivity contribution < 1.29 is 18.9 Å². The summed E-state index contributed by atoms with van der Waals surface area (Å²) in [4.78, 5) is 0. The first kappa shape index (κ1) is 14.4. The number of hydrogen-bond donors (Lipinski definition) is 0. The largest absolute Gasteiger partial charge is 0.495 e. The second kappa shape index (κ2) is 6.00. The highest BCUT2D eigenvalue weighted by Gasteiger charge is 2.27. The third-order valence-corrected chi connectivity index (χ3v) is 3.06. The molecule has 1 aliphatic heterocycles. The fourth-order valence-corrected chi connectivity index (χ4v) is 2.10.